The van der Waals surface area contributed by atoms with Crippen molar-refractivity contribution in [2.45, 2.75) is 32.4 Å². The summed E-state index contributed by atoms with van der Waals surface area (Å²) in [7, 11) is 1.77. The number of nitrogens with zero attached hydrogens (tertiary/aromatic N) is 4. The Morgan fingerprint density at radius 1 is 1.33 bits per heavy atom. The summed E-state index contributed by atoms with van der Waals surface area (Å²) in [5.74, 6) is 0. The number of piperidine rings is 1. The molecular formula is C20H24ClN5O. The first-order valence-electron chi connectivity index (χ1n) is 9.25. The lowest BCUT2D eigenvalue weighted by Gasteiger charge is -2.33. The van der Waals surface area contributed by atoms with Gasteiger partial charge >= 0.3 is 5.69 Å². The zero-order chi connectivity index (χ0) is 19.1. The Balaban J connectivity index is 1.87. The molecule has 0 amide bonds. The van der Waals surface area contributed by atoms with E-state index < -0.39 is 0 Å². The number of aryl methyl sites for hydroxylation is 2. The molecule has 0 unspecified atom stereocenters. The number of benzene rings is 1. The molecule has 1 atom stereocenters. The Morgan fingerprint density at radius 3 is 2.89 bits per heavy atom. The second kappa shape index (κ2) is 7.02. The number of pyridine rings is 1. The first-order chi connectivity index (χ1) is 13.0. The topological polar surface area (TPSA) is 69.1 Å². The van der Waals surface area contributed by atoms with E-state index in [2.05, 4.69) is 9.88 Å². The number of nitrogens with two attached hydrogens (primary N) is 1. The highest BCUT2D eigenvalue weighted by atomic mass is 35.5. The number of anilines is 1. The highest BCUT2D eigenvalue weighted by Gasteiger charge is 2.23. The van der Waals surface area contributed by atoms with E-state index in [1.165, 1.54) is 0 Å². The lowest BCUT2D eigenvalue weighted by atomic mass is 10.1. The Labute approximate surface area is 163 Å². The predicted octanol–water partition coefficient (Wildman–Crippen LogP) is 2.67. The Kier molecular flexibility index (Phi) is 4.70. The van der Waals surface area contributed by atoms with Gasteiger partial charge in [0.1, 0.15) is 5.52 Å². The smallest absolute Gasteiger partial charge is 0.330 e. The Hall–Kier alpha value is -2.31. The van der Waals surface area contributed by atoms with Crippen molar-refractivity contribution in [3.05, 3.63) is 57.1 Å². The van der Waals surface area contributed by atoms with Crippen LogP contribution in [-0.4, -0.2) is 33.2 Å². The fourth-order valence-electron chi connectivity index (χ4n) is 3.94. The molecule has 3 aromatic rings. The second-order valence-electron chi connectivity index (χ2n) is 7.35. The molecule has 4 rings (SSSR count). The molecule has 1 aliphatic rings. The molecule has 0 bridgehead atoms. The molecule has 142 valence electrons. The van der Waals surface area contributed by atoms with Crippen LogP contribution in [0.3, 0.4) is 0 Å². The summed E-state index contributed by atoms with van der Waals surface area (Å²) in [6, 6.07) is 7.92. The number of hydrogen-bond acceptors (Lipinski definition) is 4. The molecule has 7 heteroatoms. The van der Waals surface area contributed by atoms with Crippen LogP contribution >= 0.6 is 11.6 Å². The zero-order valence-corrected chi connectivity index (χ0v) is 16.4. The predicted molar refractivity (Wildman–Crippen MR) is 110 cm³/mol. The summed E-state index contributed by atoms with van der Waals surface area (Å²) in [5.41, 5.74) is 10.9. The molecule has 1 aliphatic heterocycles. The van der Waals surface area contributed by atoms with Crippen LogP contribution in [0.4, 0.5) is 5.69 Å². The van der Waals surface area contributed by atoms with Gasteiger partial charge in [-0.15, -0.1) is 0 Å². The van der Waals surface area contributed by atoms with E-state index >= 15 is 0 Å². The van der Waals surface area contributed by atoms with E-state index in [9.17, 15) is 4.79 Å². The summed E-state index contributed by atoms with van der Waals surface area (Å²) in [6.07, 6.45) is 3.86. The van der Waals surface area contributed by atoms with Gasteiger partial charge in [-0.1, -0.05) is 17.7 Å². The van der Waals surface area contributed by atoms with Crippen LogP contribution < -0.4 is 16.3 Å². The minimum atomic E-state index is -0.0689. The first kappa shape index (κ1) is 18.1. The lowest BCUT2D eigenvalue weighted by molar-refractivity contribution is 0.506. The van der Waals surface area contributed by atoms with Crippen LogP contribution in [0.15, 0.2) is 35.3 Å². The Morgan fingerprint density at radius 2 is 2.15 bits per heavy atom. The maximum Gasteiger partial charge on any atom is 0.330 e. The van der Waals surface area contributed by atoms with Crippen molar-refractivity contribution in [2.75, 3.05) is 18.0 Å². The fourth-order valence-corrected chi connectivity index (χ4v) is 4.17. The molecular weight excluding hydrogens is 362 g/mol. The monoisotopic (exact) mass is 385 g/mol. The van der Waals surface area contributed by atoms with Crippen LogP contribution in [0.25, 0.3) is 11.2 Å². The normalized spacial score (nSPS) is 17.6. The van der Waals surface area contributed by atoms with Crippen LogP contribution in [-0.2, 0) is 13.6 Å². The van der Waals surface area contributed by atoms with Crippen LogP contribution in [0, 0.1) is 6.92 Å². The van der Waals surface area contributed by atoms with Crippen LogP contribution in [0.5, 0.6) is 0 Å². The van der Waals surface area contributed by atoms with Crippen LogP contribution in [0.2, 0.25) is 5.02 Å². The summed E-state index contributed by atoms with van der Waals surface area (Å²) in [6.45, 7) is 4.23. The number of rotatable bonds is 3. The van der Waals surface area contributed by atoms with Gasteiger partial charge in [0.25, 0.3) is 0 Å². The SMILES string of the molecule is Cc1cc(Cl)ccc1Cn1c(=O)n(C)c2nccc(N3CCC[C@@H](N)C3)c21. The van der Waals surface area contributed by atoms with Crippen molar-refractivity contribution in [3.63, 3.8) is 0 Å². The van der Waals surface area contributed by atoms with E-state index in [0.29, 0.717) is 17.2 Å². The van der Waals surface area contributed by atoms with Gasteiger partial charge in [0.2, 0.25) is 0 Å². The van der Waals surface area contributed by atoms with Gasteiger partial charge in [0.15, 0.2) is 5.65 Å². The third-order valence-corrected chi connectivity index (χ3v) is 5.66. The van der Waals surface area contributed by atoms with E-state index in [1.54, 1.807) is 17.8 Å². The van der Waals surface area contributed by atoms with E-state index in [4.69, 9.17) is 17.3 Å². The van der Waals surface area contributed by atoms with Crippen molar-refractivity contribution in [3.8, 4) is 0 Å². The number of hydrogen-bond donors (Lipinski definition) is 1. The van der Waals surface area contributed by atoms with Gasteiger partial charge in [-0.2, -0.15) is 0 Å². The highest BCUT2D eigenvalue weighted by molar-refractivity contribution is 6.30. The minimum Gasteiger partial charge on any atom is -0.368 e. The van der Waals surface area contributed by atoms with E-state index in [0.717, 1.165) is 48.3 Å². The van der Waals surface area contributed by atoms with Gasteiger partial charge in [0, 0.05) is 37.4 Å². The maximum absolute atomic E-state index is 13.0. The minimum absolute atomic E-state index is 0.0689. The lowest BCUT2D eigenvalue weighted by Crippen LogP contribution is -2.43. The Bertz CT molecular complexity index is 1050. The molecule has 0 aliphatic carbocycles. The number of halogens is 1. The molecule has 2 N–H and O–H groups in total. The molecule has 0 saturated carbocycles. The summed E-state index contributed by atoms with van der Waals surface area (Å²) >= 11 is 6.09. The number of fused-ring (bicyclic) bond motifs is 1. The average molecular weight is 386 g/mol. The molecule has 27 heavy (non-hydrogen) atoms. The number of aromatic nitrogens is 3. The summed E-state index contributed by atoms with van der Waals surface area (Å²) in [4.78, 5) is 19.7. The molecule has 1 saturated heterocycles. The van der Waals surface area contributed by atoms with E-state index in [1.807, 2.05) is 35.8 Å². The summed E-state index contributed by atoms with van der Waals surface area (Å²) in [5, 5.41) is 0.700. The molecule has 2 aromatic heterocycles. The second-order valence-corrected chi connectivity index (χ2v) is 7.79. The summed E-state index contributed by atoms with van der Waals surface area (Å²) < 4.78 is 3.43. The van der Waals surface area contributed by atoms with Gasteiger partial charge in [0.05, 0.1) is 12.2 Å². The highest BCUT2D eigenvalue weighted by Crippen LogP contribution is 2.28. The quantitative estimate of drug-likeness (QED) is 0.752. The molecule has 3 heterocycles. The fraction of sp³-hybridized carbons (Fsp3) is 0.400. The molecule has 1 fully saturated rings. The average Bonchev–Trinajstić information content (AvgIpc) is 2.89. The molecule has 1 aromatic carbocycles. The number of imidazole rings is 1. The third kappa shape index (κ3) is 3.24. The standard InChI is InChI=1S/C20H24ClN5O/c1-13-10-15(21)6-5-14(13)11-26-18-17(25-9-3-4-16(22)12-25)7-8-23-19(18)24(2)20(26)27/h5-8,10,16H,3-4,9,11-12,22H2,1-2H3/t16-/m1/s1. The largest absolute Gasteiger partial charge is 0.368 e. The zero-order valence-electron chi connectivity index (χ0n) is 15.7. The van der Waals surface area contributed by atoms with Crippen LogP contribution in [0.1, 0.15) is 24.0 Å². The first-order valence-corrected chi connectivity index (χ1v) is 9.63. The molecule has 0 spiro atoms. The third-order valence-electron chi connectivity index (χ3n) is 5.42. The molecule has 6 nitrogen and oxygen atoms in total. The molecule has 0 radical (unpaired) electrons. The van der Waals surface area contributed by atoms with Gasteiger partial charge < -0.3 is 10.6 Å². The van der Waals surface area contributed by atoms with Crippen molar-refractivity contribution >= 4 is 28.5 Å². The van der Waals surface area contributed by atoms with E-state index in [-0.39, 0.29) is 11.7 Å². The van der Waals surface area contributed by atoms with Gasteiger partial charge in [-0.3, -0.25) is 9.13 Å². The van der Waals surface area contributed by atoms with Crippen molar-refractivity contribution in [1.82, 2.24) is 14.1 Å². The van der Waals surface area contributed by atoms with Gasteiger partial charge in [-0.05, 0) is 49.1 Å². The van der Waals surface area contributed by atoms with Crippen molar-refractivity contribution < 1.29 is 0 Å². The van der Waals surface area contributed by atoms with Crippen molar-refractivity contribution in [1.29, 1.82) is 0 Å². The van der Waals surface area contributed by atoms with Gasteiger partial charge in [-0.25, -0.2) is 9.78 Å². The van der Waals surface area contributed by atoms with Crippen molar-refractivity contribution in [2.24, 2.45) is 12.8 Å². The maximum atomic E-state index is 13.0.